The van der Waals surface area contributed by atoms with Crippen LogP contribution in [0.5, 0.6) is 0 Å². The number of nitrogens with zero attached hydrogens (tertiary/aromatic N) is 6. The van der Waals surface area contributed by atoms with E-state index in [1.807, 2.05) is 23.1 Å². The summed E-state index contributed by atoms with van der Waals surface area (Å²) in [7, 11) is 0. The predicted molar refractivity (Wildman–Crippen MR) is 103 cm³/mol. The van der Waals surface area contributed by atoms with E-state index >= 15 is 0 Å². The van der Waals surface area contributed by atoms with Gasteiger partial charge in [0, 0.05) is 37.0 Å². The van der Waals surface area contributed by atoms with Crippen LogP contribution in [0.25, 0.3) is 16.9 Å². The lowest BCUT2D eigenvalue weighted by Gasteiger charge is -2.35. The molecule has 0 amide bonds. The molecule has 0 spiro atoms. The van der Waals surface area contributed by atoms with Crippen LogP contribution < -0.4 is 9.80 Å². The van der Waals surface area contributed by atoms with Gasteiger partial charge in [0.1, 0.15) is 5.82 Å². The molecule has 27 heavy (non-hydrogen) atoms. The molecule has 1 N–H and O–H groups in total. The largest absolute Gasteiger partial charge is 0.377 e. The van der Waals surface area contributed by atoms with Crippen molar-refractivity contribution in [2.24, 2.45) is 0 Å². The Hall–Kier alpha value is -2.61. The van der Waals surface area contributed by atoms with Gasteiger partial charge >= 0.3 is 0 Å². The zero-order valence-corrected chi connectivity index (χ0v) is 15.4. The van der Waals surface area contributed by atoms with Gasteiger partial charge in [-0.3, -0.25) is 5.10 Å². The van der Waals surface area contributed by atoms with Gasteiger partial charge in [-0.05, 0) is 26.2 Å². The number of rotatable bonds is 3. The maximum absolute atomic E-state index is 5.67. The van der Waals surface area contributed by atoms with Crippen molar-refractivity contribution in [3.05, 3.63) is 24.0 Å². The Labute approximate surface area is 157 Å². The van der Waals surface area contributed by atoms with Gasteiger partial charge in [-0.15, -0.1) is 0 Å². The average Bonchev–Trinajstić information content (AvgIpc) is 3.10. The highest BCUT2D eigenvalue weighted by Crippen LogP contribution is 2.45. The molecular weight excluding hydrogens is 342 g/mol. The van der Waals surface area contributed by atoms with Crippen LogP contribution in [0.2, 0.25) is 0 Å². The van der Waals surface area contributed by atoms with Crippen molar-refractivity contribution in [3.63, 3.8) is 0 Å². The molecule has 3 aromatic heterocycles. The van der Waals surface area contributed by atoms with Crippen LogP contribution in [0.3, 0.4) is 0 Å². The van der Waals surface area contributed by atoms with Gasteiger partial charge in [-0.25, -0.2) is 4.98 Å². The van der Waals surface area contributed by atoms with Crippen molar-refractivity contribution in [2.45, 2.75) is 38.3 Å². The quantitative estimate of drug-likeness (QED) is 0.764. The highest BCUT2D eigenvalue weighted by Gasteiger charge is 2.38. The Balaban J connectivity index is 1.59. The first kappa shape index (κ1) is 15.4. The van der Waals surface area contributed by atoms with Crippen molar-refractivity contribution >= 4 is 22.5 Å². The first-order valence-corrected chi connectivity index (χ1v) is 9.83. The van der Waals surface area contributed by atoms with Gasteiger partial charge in [-0.2, -0.15) is 14.9 Å². The molecule has 140 valence electrons. The van der Waals surface area contributed by atoms with E-state index in [-0.39, 0.29) is 0 Å². The van der Waals surface area contributed by atoms with E-state index in [0.717, 1.165) is 55.4 Å². The van der Waals surface area contributed by atoms with Gasteiger partial charge < -0.3 is 14.5 Å². The molecule has 1 aliphatic carbocycles. The number of H-pyrrole nitrogens is 1. The van der Waals surface area contributed by atoms with Crippen LogP contribution in [0.15, 0.2) is 18.5 Å². The van der Waals surface area contributed by atoms with E-state index in [2.05, 4.69) is 32.0 Å². The minimum absolute atomic E-state index is 0.324. The van der Waals surface area contributed by atoms with Gasteiger partial charge in [0.25, 0.3) is 0 Å². The first-order valence-electron chi connectivity index (χ1n) is 9.83. The summed E-state index contributed by atoms with van der Waals surface area (Å²) in [6.45, 7) is 5.69. The highest BCUT2D eigenvalue weighted by molar-refractivity contribution is 5.96. The molecular formula is C19H23N7O. The molecule has 3 aromatic rings. The van der Waals surface area contributed by atoms with Crippen molar-refractivity contribution in [2.75, 3.05) is 36.1 Å². The summed E-state index contributed by atoms with van der Waals surface area (Å²) in [5.74, 6) is 1.88. The number of ether oxygens (including phenoxy) is 1. The zero-order chi connectivity index (χ0) is 18.0. The Morgan fingerprint density at radius 1 is 1.22 bits per heavy atom. The lowest BCUT2D eigenvalue weighted by molar-refractivity contribution is 0.0985. The Kier molecular flexibility index (Phi) is 3.26. The molecule has 6 rings (SSSR count). The molecule has 1 atom stereocenters. The molecule has 2 aliphatic heterocycles. The van der Waals surface area contributed by atoms with Crippen LogP contribution in [-0.4, -0.2) is 63.3 Å². The molecule has 0 unspecified atom stereocenters. The lowest BCUT2D eigenvalue weighted by atomic mass is 10.1. The fraction of sp³-hybridized carbons (Fsp3) is 0.526. The van der Waals surface area contributed by atoms with Crippen molar-refractivity contribution < 1.29 is 4.74 Å². The summed E-state index contributed by atoms with van der Waals surface area (Å²) in [6, 6.07) is 2.93. The molecule has 2 fully saturated rings. The highest BCUT2D eigenvalue weighted by atomic mass is 16.5. The van der Waals surface area contributed by atoms with Crippen LogP contribution >= 0.6 is 0 Å². The van der Waals surface area contributed by atoms with Crippen molar-refractivity contribution in [1.29, 1.82) is 0 Å². The molecule has 5 heterocycles. The number of anilines is 2. The number of aromatic amines is 1. The van der Waals surface area contributed by atoms with E-state index < -0.39 is 0 Å². The average molecular weight is 365 g/mol. The van der Waals surface area contributed by atoms with Crippen molar-refractivity contribution in [1.82, 2.24) is 25.0 Å². The number of fused-ring (bicyclic) bond motifs is 3. The van der Waals surface area contributed by atoms with E-state index in [1.165, 1.54) is 24.1 Å². The molecule has 8 nitrogen and oxygen atoms in total. The summed E-state index contributed by atoms with van der Waals surface area (Å²) in [5, 5.41) is 13.0. The standard InChI is InChI=1S/C19H23N7O/c1-12-11-27-9-8-24(12)18-14-5-7-25(13-2-3-13)17(14)15-10-21-26(19(15)22-18)16-4-6-20-23-16/h4,6,10,12-13H,2-3,5,7-9,11H2,1H3,(H,20,23)/t12-/m1/s1. The SMILES string of the molecule is C[C@@H]1COCCN1c1nc2c(cnn2-c2cc[nH]n2)c2c1CCN2C1CC1. The minimum Gasteiger partial charge on any atom is -0.377 e. The van der Waals surface area contributed by atoms with Crippen LogP contribution in [0, 0.1) is 0 Å². The van der Waals surface area contributed by atoms with Gasteiger partial charge in [0.15, 0.2) is 11.5 Å². The summed E-state index contributed by atoms with van der Waals surface area (Å²) in [5.41, 5.74) is 3.62. The maximum atomic E-state index is 5.67. The van der Waals surface area contributed by atoms with E-state index in [0.29, 0.717) is 12.1 Å². The fourth-order valence-corrected chi connectivity index (χ4v) is 4.52. The van der Waals surface area contributed by atoms with E-state index in [1.54, 1.807) is 0 Å². The van der Waals surface area contributed by atoms with Crippen LogP contribution in [0.1, 0.15) is 25.3 Å². The normalized spacial score (nSPS) is 22.6. The number of morpholine rings is 1. The van der Waals surface area contributed by atoms with E-state index in [4.69, 9.17) is 9.72 Å². The fourth-order valence-electron chi connectivity index (χ4n) is 4.52. The molecule has 1 saturated carbocycles. The second-order valence-electron chi connectivity index (χ2n) is 7.78. The third-order valence-electron chi connectivity index (χ3n) is 5.99. The zero-order valence-electron chi connectivity index (χ0n) is 15.4. The number of hydrogen-bond donors (Lipinski definition) is 1. The monoisotopic (exact) mass is 365 g/mol. The second-order valence-corrected chi connectivity index (χ2v) is 7.78. The number of pyridine rings is 1. The first-order chi connectivity index (χ1) is 13.3. The van der Waals surface area contributed by atoms with Gasteiger partial charge in [0.05, 0.1) is 36.5 Å². The Bertz CT molecular complexity index is 991. The lowest BCUT2D eigenvalue weighted by Crippen LogP contribution is -2.44. The van der Waals surface area contributed by atoms with E-state index in [9.17, 15) is 0 Å². The van der Waals surface area contributed by atoms with Crippen LogP contribution in [0.4, 0.5) is 11.5 Å². The molecule has 0 radical (unpaired) electrons. The van der Waals surface area contributed by atoms with Gasteiger partial charge in [0.2, 0.25) is 0 Å². The number of aromatic nitrogens is 5. The smallest absolute Gasteiger partial charge is 0.177 e. The summed E-state index contributed by atoms with van der Waals surface area (Å²) in [4.78, 5) is 10.1. The predicted octanol–water partition coefficient (Wildman–Crippen LogP) is 1.89. The molecule has 3 aliphatic rings. The maximum Gasteiger partial charge on any atom is 0.177 e. The molecule has 8 heteroatoms. The van der Waals surface area contributed by atoms with Gasteiger partial charge in [-0.1, -0.05) is 0 Å². The third-order valence-corrected chi connectivity index (χ3v) is 5.99. The molecule has 0 aromatic carbocycles. The summed E-state index contributed by atoms with van der Waals surface area (Å²) in [6.07, 6.45) is 7.42. The second kappa shape index (κ2) is 5.69. The Morgan fingerprint density at radius 3 is 2.93 bits per heavy atom. The summed E-state index contributed by atoms with van der Waals surface area (Å²) < 4.78 is 7.52. The van der Waals surface area contributed by atoms with Crippen LogP contribution in [-0.2, 0) is 11.2 Å². The Morgan fingerprint density at radius 2 is 2.15 bits per heavy atom. The summed E-state index contributed by atoms with van der Waals surface area (Å²) >= 11 is 0. The number of nitrogens with one attached hydrogen (secondary N) is 1. The topological polar surface area (TPSA) is 75.1 Å². The molecule has 1 saturated heterocycles. The third kappa shape index (κ3) is 2.29. The molecule has 0 bridgehead atoms. The number of hydrogen-bond acceptors (Lipinski definition) is 6. The minimum atomic E-state index is 0.324. The van der Waals surface area contributed by atoms with Crippen molar-refractivity contribution in [3.8, 4) is 5.82 Å².